The topological polar surface area (TPSA) is 58.2 Å². The van der Waals surface area contributed by atoms with Crippen LogP contribution < -0.4 is 10.0 Å². The highest BCUT2D eigenvalue weighted by molar-refractivity contribution is 7.89. The van der Waals surface area contributed by atoms with Crippen LogP contribution in [0.3, 0.4) is 0 Å². The third-order valence-corrected chi connectivity index (χ3v) is 5.29. The van der Waals surface area contributed by atoms with Crippen molar-refractivity contribution in [3.8, 4) is 0 Å². The molecule has 0 heterocycles. The zero-order chi connectivity index (χ0) is 13.9. The minimum Gasteiger partial charge on any atom is -0.313 e. The minimum atomic E-state index is -3.51. The first-order valence-corrected chi connectivity index (χ1v) is 8.40. The Labute approximate surface area is 119 Å². The van der Waals surface area contributed by atoms with Crippen molar-refractivity contribution < 1.29 is 8.42 Å². The zero-order valence-corrected chi connectivity index (χ0v) is 12.5. The van der Waals surface area contributed by atoms with Gasteiger partial charge in [-0.1, -0.05) is 31.0 Å². The molecule has 0 aliphatic heterocycles. The lowest BCUT2D eigenvalue weighted by atomic mass is 9.94. The van der Waals surface area contributed by atoms with Gasteiger partial charge in [0.1, 0.15) is 4.90 Å². The summed E-state index contributed by atoms with van der Waals surface area (Å²) in [7, 11) is -3.51. The zero-order valence-electron chi connectivity index (χ0n) is 10.9. The largest absolute Gasteiger partial charge is 0.313 e. The SMILES string of the molecule is CCNCc1ccc(Cl)c(S(=O)(=O)NC2CCC2)c1. The van der Waals surface area contributed by atoms with E-state index in [2.05, 4.69) is 10.0 Å². The van der Waals surface area contributed by atoms with E-state index in [1.165, 1.54) is 0 Å². The molecule has 2 rings (SSSR count). The molecule has 0 atom stereocenters. The van der Waals surface area contributed by atoms with E-state index in [9.17, 15) is 8.42 Å². The molecule has 0 bridgehead atoms. The van der Waals surface area contributed by atoms with Crippen LogP contribution in [0.25, 0.3) is 0 Å². The second kappa shape index (κ2) is 6.22. The summed E-state index contributed by atoms with van der Waals surface area (Å²) in [4.78, 5) is 0.177. The summed E-state index contributed by atoms with van der Waals surface area (Å²) in [6.07, 6.45) is 2.91. The molecule has 1 aromatic carbocycles. The molecule has 6 heteroatoms. The van der Waals surface area contributed by atoms with Crippen LogP contribution in [-0.2, 0) is 16.6 Å². The van der Waals surface area contributed by atoms with Gasteiger partial charge >= 0.3 is 0 Å². The minimum absolute atomic E-state index is 0.0680. The Morgan fingerprint density at radius 3 is 2.68 bits per heavy atom. The van der Waals surface area contributed by atoms with Crippen LogP contribution in [0, 0.1) is 0 Å². The van der Waals surface area contributed by atoms with Crippen LogP contribution in [0.2, 0.25) is 5.02 Å². The van der Waals surface area contributed by atoms with Gasteiger partial charge in [0, 0.05) is 12.6 Å². The fraction of sp³-hybridized carbons (Fsp3) is 0.538. The van der Waals surface area contributed by atoms with Crippen molar-refractivity contribution in [1.82, 2.24) is 10.0 Å². The molecule has 0 aromatic heterocycles. The van der Waals surface area contributed by atoms with Crippen LogP contribution in [0.4, 0.5) is 0 Å². The monoisotopic (exact) mass is 302 g/mol. The van der Waals surface area contributed by atoms with Gasteiger partial charge in [0.05, 0.1) is 5.02 Å². The second-order valence-corrected chi connectivity index (χ2v) is 6.88. The Morgan fingerprint density at radius 2 is 2.11 bits per heavy atom. The van der Waals surface area contributed by atoms with Gasteiger partial charge < -0.3 is 5.32 Å². The molecule has 1 aliphatic carbocycles. The molecule has 1 aromatic rings. The molecule has 1 aliphatic rings. The number of sulfonamides is 1. The highest BCUT2D eigenvalue weighted by atomic mass is 35.5. The van der Waals surface area contributed by atoms with Gasteiger partial charge in [-0.3, -0.25) is 0 Å². The maximum atomic E-state index is 12.3. The Hall–Kier alpha value is -0.620. The Morgan fingerprint density at radius 1 is 1.37 bits per heavy atom. The summed E-state index contributed by atoms with van der Waals surface area (Å²) < 4.78 is 27.2. The number of hydrogen-bond donors (Lipinski definition) is 2. The molecule has 0 spiro atoms. The van der Waals surface area contributed by atoms with Crippen LogP contribution in [0.15, 0.2) is 23.1 Å². The molecular weight excluding hydrogens is 284 g/mol. The van der Waals surface area contributed by atoms with Crippen molar-refractivity contribution >= 4 is 21.6 Å². The lowest BCUT2D eigenvalue weighted by Gasteiger charge is -2.26. The molecule has 1 fully saturated rings. The molecule has 0 radical (unpaired) electrons. The molecule has 106 valence electrons. The fourth-order valence-electron chi connectivity index (χ4n) is 1.94. The predicted molar refractivity (Wildman–Crippen MR) is 76.8 cm³/mol. The van der Waals surface area contributed by atoms with Gasteiger partial charge in [-0.05, 0) is 37.1 Å². The van der Waals surface area contributed by atoms with Gasteiger partial charge in [0.15, 0.2) is 0 Å². The number of hydrogen-bond acceptors (Lipinski definition) is 3. The van der Waals surface area contributed by atoms with Crippen molar-refractivity contribution in [3.05, 3.63) is 28.8 Å². The van der Waals surface area contributed by atoms with Crippen molar-refractivity contribution in [3.63, 3.8) is 0 Å². The van der Waals surface area contributed by atoms with Crippen LogP contribution in [-0.4, -0.2) is 21.0 Å². The van der Waals surface area contributed by atoms with E-state index >= 15 is 0 Å². The summed E-state index contributed by atoms with van der Waals surface area (Å²) in [5.74, 6) is 0. The average molecular weight is 303 g/mol. The third kappa shape index (κ3) is 3.69. The highest BCUT2D eigenvalue weighted by Crippen LogP contribution is 2.26. The first-order chi connectivity index (χ1) is 9.03. The lowest BCUT2D eigenvalue weighted by molar-refractivity contribution is 0.383. The quantitative estimate of drug-likeness (QED) is 0.847. The maximum absolute atomic E-state index is 12.3. The number of benzene rings is 1. The molecule has 19 heavy (non-hydrogen) atoms. The van der Waals surface area contributed by atoms with Crippen LogP contribution >= 0.6 is 11.6 Å². The van der Waals surface area contributed by atoms with E-state index in [-0.39, 0.29) is 16.0 Å². The van der Waals surface area contributed by atoms with Crippen molar-refractivity contribution in [1.29, 1.82) is 0 Å². The van der Waals surface area contributed by atoms with Crippen molar-refractivity contribution in [2.45, 2.75) is 43.7 Å². The first kappa shape index (κ1) is 14.8. The highest BCUT2D eigenvalue weighted by Gasteiger charge is 2.26. The average Bonchev–Trinajstić information content (AvgIpc) is 2.33. The van der Waals surface area contributed by atoms with E-state index in [1.807, 2.05) is 13.0 Å². The molecule has 2 N–H and O–H groups in total. The Kier molecular flexibility index (Phi) is 4.84. The standard InChI is InChI=1S/C13H19ClN2O2S/c1-2-15-9-10-6-7-12(14)13(8-10)19(17,18)16-11-4-3-5-11/h6-8,11,15-16H,2-5,9H2,1H3. The summed E-state index contributed by atoms with van der Waals surface area (Å²) in [5.41, 5.74) is 0.917. The van der Waals surface area contributed by atoms with Crippen LogP contribution in [0.5, 0.6) is 0 Å². The third-order valence-electron chi connectivity index (χ3n) is 3.29. The Balaban J connectivity index is 2.21. The van der Waals surface area contributed by atoms with E-state index in [4.69, 9.17) is 11.6 Å². The van der Waals surface area contributed by atoms with Gasteiger partial charge in [0.2, 0.25) is 10.0 Å². The van der Waals surface area contributed by atoms with Gasteiger partial charge in [-0.15, -0.1) is 0 Å². The molecule has 0 amide bonds. The molecule has 4 nitrogen and oxygen atoms in total. The van der Waals surface area contributed by atoms with E-state index in [1.54, 1.807) is 12.1 Å². The summed E-state index contributed by atoms with van der Waals surface area (Å²) in [5, 5.41) is 3.44. The van der Waals surface area contributed by atoms with Crippen LogP contribution in [0.1, 0.15) is 31.7 Å². The van der Waals surface area contributed by atoms with Crippen molar-refractivity contribution in [2.24, 2.45) is 0 Å². The molecule has 0 unspecified atom stereocenters. The number of nitrogens with one attached hydrogen (secondary N) is 2. The maximum Gasteiger partial charge on any atom is 0.242 e. The van der Waals surface area contributed by atoms with Crippen molar-refractivity contribution in [2.75, 3.05) is 6.54 Å². The van der Waals surface area contributed by atoms with E-state index < -0.39 is 10.0 Å². The molecule has 1 saturated carbocycles. The fourth-order valence-corrected chi connectivity index (χ4v) is 3.80. The normalized spacial score (nSPS) is 16.3. The first-order valence-electron chi connectivity index (χ1n) is 6.54. The smallest absolute Gasteiger partial charge is 0.242 e. The lowest BCUT2D eigenvalue weighted by Crippen LogP contribution is -2.39. The summed E-state index contributed by atoms with van der Waals surface area (Å²) in [6, 6.07) is 5.20. The number of halogens is 1. The second-order valence-electron chi connectivity index (χ2n) is 4.79. The molecular formula is C13H19ClN2O2S. The Bertz CT molecular complexity index is 542. The van der Waals surface area contributed by atoms with E-state index in [0.717, 1.165) is 31.4 Å². The van der Waals surface area contributed by atoms with Gasteiger partial charge in [-0.2, -0.15) is 0 Å². The predicted octanol–water partition coefficient (Wildman–Crippen LogP) is 2.28. The number of rotatable bonds is 6. The summed E-state index contributed by atoms with van der Waals surface area (Å²) in [6.45, 7) is 3.48. The van der Waals surface area contributed by atoms with E-state index in [0.29, 0.717) is 6.54 Å². The summed E-state index contributed by atoms with van der Waals surface area (Å²) >= 11 is 6.02. The molecule has 0 saturated heterocycles. The van der Waals surface area contributed by atoms with Gasteiger partial charge in [-0.25, -0.2) is 13.1 Å². The van der Waals surface area contributed by atoms with Gasteiger partial charge in [0.25, 0.3) is 0 Å².